The molecule has 0 aliphatic carbocycles. The first-order valence-corrected chi connectivity index (χ1v) is 10.8. The van der Waals surface area contributed by atoms with Gasteiger partial charge in [0.1, 0.15) is 0 Å². The van der Waals surface area contributed by atoms with Crippen LogP contribution < -0.4 is 10.6 Å². The van der Waals surface area contributed by atoms with Gasteiger partial charge in [-0.15, -0.1) is 0 Å². The molecule has 2 atom stereocenters. The number of nitrogens with one attached hydrogen (secondary N) is 3. The minimum atomic E-state index is -0.0815. The molecular weight excluding hydrogens is 406 g/mol. The number of nitrogens with zero attached hydrogens (tertiary/aromatic N) is 2. The number of para-hydroxylation sites is 1. The molecule has 7 heteroatoms. The van der Waals surface area contributed by atoms with Crippen molar-refractivity contribution in [1.82, 2.24) is 20.2 Å². The molecule has 2 aromatic heterocycles. The molecule has 6 nitrogen and oxygen atoms in total. The number of rotatable bonds is 6. The lowest BCUT2D eigenvalue weighted by atomic mass is 9.96. The summed E-state index contributed by atoms with van der Waals surface area (Å²) in [6.45, 7) is 6.62. The fraction of sp³-hybridized carbons (Fsp3) is 0.292. The summed E-state index contributed by atoms with van der Waals surface area (Å²) in [5.74, 6) is -0.0286. The Morgan fingerprint density at radius 1 is 1.16 bits per heavy atom. The third kappa shape index (κ3) is 4.46. The van der Waals surface area contributed by atoms with Crippen molar-refractivity contribution in [2.24, 2.45) is 0 Å². The van der Waals surface area contributed by atoms with E-state index in [-0.39, 0.29) is 18.0 Å². The minimum Gasteiger partial charge on any atom is -0.362 e. The van der Waals surface area contributed by atoms with Crippen molar-refractivity contribution >= 4 is 28.9 Å². The molecule has 1 aliphatic heterocycles. The van der Waals surface area contributed by atoms with E-state index in [4.69, 9.17) is 12.2 Å². The van der Waals surface area contributed by atoms with Gasteiger partial charge in [-0.2, -0.15) is 0 Å². The van der Waals surface area contributed by atoms with E-state index >= 15 is 0 Å². The van der Waals surface area contributed by atoms with Gasteiger partial charge in [-0.3, -0.25) is 9.78 Å². The second kappa shape index (κ2) is 8.89. The zero-order valence-electron chi connectivity index (χ0n) is 18.0. The van der Waals surface area contributed by atoms with Crippen LogP contribution in [0.3, 0.4) is 0 Å². The van der Waals surface area contributed by atoms with Crippen LogP contribution >= 0.6 is 12.2 Å². The largest absolute Gasteiger partial charge is 0.362 e. The first-order chi connectivity index (χ1) is 14.9. The molecular formula is C24H27N5OS. The molecule has 4 rings (SSSR count). The Labute approximate surface area is 188 Å². The molecule has 3 aromatic rings. The predicted octanol–water partition coefficient (Wildman–Crippen LogP) is 4.34. The van der Waals surface area contributed by atoms with E-state index < -0.39 is 0 Å². The van der Waals surface area contributed by atoms with E-state index in [1.54, 1.807) is 6.20 Å². The van der Waals surface area contributed by atoms with Gasteiger partial charge in [0.2, 0.25) is 5.91 Å². The number of H-pyrrole nitrogens is 1. The number of hydrogen-bond donors (Lipinski definition) is 3. The number of aryl methyl sites for hydroxylation is 3. The van der Waals surface area contributed by atoms with E-state index in [1.807, 2.05) is 56.3 Å². The van der Waals surface area contributed by atoms with Crippen molar-refractivity contribution in [1.29, 1.82) is 0 Å². The van der Waals surface area contributed by atoms with Crippen molar-refractivity contribution in [3.63, 3.8) is 0 Å². The van der Waals surface area contributed by atoms with Gasteiger partial charge in [0.05, 0.1) is 17.8 Å². The van der Waals surface area contributed by atoms with Crippen LogP contribution in [-0.4, -0.2) is 32.4 Å². The smallest absolute Gasteiger partial charge is 0.226 e. The van der Waals surface area contributed by atoms with Crippen LogP contribution in [0.15, 0.2) is 54.7 Å². The monoisotopic (exact) mass is 433 g/mol. The summed E-state index contributed by atoms with van der Waals surface area (Å²) in [5.41, 5.74) is 6.18. The number of carbonyl (C=O) groups is 1. The fourth-order valence-electron chi connectivity index (χ4n) is 4.19. The molecule has 1 fully saturated rings. The van der Waals surface area contributed by atoms with Crippen molar-refractivity contribution in [3.8, 4) is 0 Å². The molecule has 0 bridgehead atoms. The Morgan fingerprint density at radius 3 is 2.61 bits per heavy atom. The number of amides is 1. The normalized spacial score (nSPS) is 18.2. The van der Waals surface area contributed by atoms with E-state index in [9.17, 15) is 4.79 Å². The zero-order valence-corrected chi connectivity index (χ0v) is 18.8. The number of hydrogen-bond acceptors (Lipinski definition) is 3. The van der Waals surface area contributed by atoms with E-state index in [2.05, 4.69) is 38.5 Å². The van der Waals surface area contributed by atoms with Gasteiger partial charge in [-0.05, 0) is 68.4 Å². The third-order valence-electron chi connectivity index (χ3n) is 5.71. The Balaban J connectivity index is 1.56. The summed E-state index contributed by atoms with van der Waals surface area (Å²) in [6, 6.07) is 15.7. The minimum absolute atomic E-state index is 0.0286. The first-order valence-electron chi connectivity index (χ1n) is 10.4. The quantitative estimate of drug-likeness (QED) is 0.505. The number of aromatic amines is 1. The van der Waals surface area contributed by atoms with E-state index in [0.29, 0.717) is 18.1 Å². The lowest BCUT2D eigenvalue weighted by molar-refractivity contribution is -0.116. The molecule has 160 valence electrons. The third-order valence-corrected chi connectivity index (χ3v) is 6.06. The Bertz CT molecular complexity index is 1090. The van der Waals surface area contributed by atoms with Crippen LogP contribution in [0.25, 0.3) is 0 Å². The second-order valence-electron chi connectivity index (χ2n) is 7.97. The van der Waals surface area contributed by atoms with Gasteiger partial charge in [-0.1, -0.05) is 24.3 Å². The molecule has 1 saturated heterocycles. The SMILES string of the molecule is Cc1cc([C@H]2[C@H](c3ccccn3)NC(=S)N2CCC(=O)Nc2ccccc2C)c(C)[nH]1. The van der Waals surface area contributed by atoms with Gasteiger partial charge < -0.3 is 20.5 Å². The second-order valence-corrected chi connectivity index (χ2v) is 8.35. The zero-order chi connectivity index (χ0) is 22.0. The van der Waals surface area contributed by atoms with Crippen LogP contribution in [0, 0.1) is 20.8 Å². The number of pyridine rings is 1. The first kappa shape index (κ1) is 21.1. The number of aromatic nitrogens is 2. The molecule has 0 saturated carbocycles. The molecule has 0 spiro atoms. The predicted molar refractivity (Wildman–Crippen MR) is 127 cm³/mol. The van der Waals surface area contributed by atoms with Crippen molar-refractivity contribution in [2.75, 3.05) is 11.9 Å². The van der Waals surface area contributed by atoms with Crippen molar-refractivity contribution in [3.05, 3.63) is 82.9 Å². The molecule has 3 N–H and O–H groups in total. The summed E-state index contributed by atoms with van der Waals surface area (Å²) in [7, 11) is 0. The van der Waals surface area contributed by atoms with E-state index in [0.717, 1.165) is 28.3 Å². The average Bonchev–Trinajstić information content (AvgIpc) is 3.26. The molecule has 31 heavy (non-hydrogen) atoms. The van der Waals surface area contributed by atoms with Crippen LogP contribution in [-0.2, 0) is 4.79 Å². The molecule has 3 heterocycles. The van der Waals surface area contributed by atoms with Gasteiger partial charge in [0.15, 0.2) is 5.11 Å². The van der Waals surface area contributed by atoms with Gasteiger partial charge in [-0.25, -0.2) is 0 Å². The van der Waals surface area contributed by atoms with Crippen LogP contribution in [0.4, 0.5) is 5.69 Å². The highest BCUT2D eigenvalue weighted by Gasteiger charge is 2.40. The van der Waals surface area contributed by atoms with Crippen LogP contribution in [0.1, 0.15) is 46.7 Å². The highest BCUT2D eigenvalue weighted by molar-refractivity contribution is 7.80. The summed E-state index contributed by atoms with van der Waals surface area (Å²) >= 11 is 5.69. The van der Waals surface area contributed by atoms with Crippen molar-refractivity contribution < 1.29 is 4.79 Å². The molecule has 1 amide bonds. The van der Waals surface area contributed by atoms with Crippen molar-refractivity contribution in [2.45, 2.75) is 39.3 Å². The molecule has 0 unspecified atom stereocenters. The van der Waals surface area contributed by atoms with Crippen LogP contribution in [0.2, 0.25) is 0 Å². The van der Waals surface area contributed by atoms with Gasteiger partial charge in [0, 0.05) is 36.2 Å². The Morgan fingerprint density at radius 2 is 1.94 bits per heavy atom. The van der Waals surface area contributed by atoms with E-state index in [1.165, 1.54) is 5.56 Å². The number of anilines is 1. The maximum atomic E-state index is 12.7. The maximum absolute atomic E-state index is 12.7. The van der Waals surface area contributed by atoms with Gasteiger partial charge >= 0.3 is 0 Å². The lowest BCUT2D eigenvalue weighted by Gasteiger charge is -2.27. The van der Waals surface area contributed by atoms with Gasteiger partial charge in [0.25, 0.3) is 0 Å². The Kier molecular flexibility index (Phi) is 6.04. The number of benzene rings is 1. The lowest BCUT2D eigenvalue weighted by Crippen LogP contribution is -2.32. The molecule has 0 radical (unpaired) electrons. The summed E-state index contributed by atoms with van der Waals surface area (Å²) < 4.78 is 0. The molecule has 1 aliphatic rings. The summed E-state index contributed by atoms with van der Waals surface area (Å²) in [6.07, 6.45) is 2.13. The summed E-state index contributed by atoms with van der Waals surface area (Å²) in [5, 5.41) is 7.09. The highest BCUT2D eigenvalue weighted by Crippen LogP contribution is 2.40. The molecule has 1 aromatic carbocycles. The number of thiocarbonyl (C=S) groups is 1. The highest BCUT2D eigenvalue weighted by atomic mass is 32.1. The fourth-order valence-corrected chi connectivity index (χ4v) is 4.52. The standard InChI is InChI=1S/C24H27N5OS/c1-15-8-4-5-9-19(15)27-21(30)11-13-29-23(18-14-16(2)26-17(18)3)22(28-24(29)31)20-10-6-7-12-25-20/h4-10,12,14,22-23,26H,11,13H2,1-3H3,(H,27,30)(H,28,31)/t22-,23-/m0/s1. The van der Waals surface area contributed by atoms with Crippen LogP contribution in [0.5, 0.6) is 0 Å². The maximum Gasteiger partial charge on any atom is 0.226 e. The Hall–Kier alpha value is -3.19. The topological polar surface area (TPSA) is 73.1 Å². The number of carbonyl (C=O) groups excluding carboxylic acids is 1. The average molecular weight is 434 g/mol. The summed E-state index contributed by atoms with van der Waals surface area (Å²) in [4.78, 5) is 22.7.